The molecule has 0 aliphatic carbocycles. The highest BCUT2D eigenvalue weighted by Crippen LogP contribution is 2.37. The zero-order valence-corrected chi connectivity index (χ0v) is 10.5. The van der Waals surface area contributed by atoms with Gasteiger partial charge in [0.1, 0.15) is 0 Å². The Labute approximate surface area is 112 Å². The van der Waals surface area contributed by atoms with Crippen molar-refractivity contribution in [2.24, 2.45) is 7.05 Å². The predicted molar refractivity (Wildman–Crippen MR) is 65.0 cm³/mol. The van der Waals surface area contributed by atoms with Gasteiger partial charge in [0.25, 0.3) is 0 Å². The molecule has 1 N–H and O–H groups in total. The predicted octanol–water partition coefficient (Wildman–Crippen LogP) is 2.73. The number of carboxylic acid groups (broad SMARTS) is 1. The third kappa shape index (κ3) is 2.66. The van der Waals surface area contributed by atoms with Crippen LogP contribution in [0.3, 0.4) is 0 Å². The number of carbonyl (C=O) groups is 1. The molecule has 20 heavy (non-hydrogen) atoms. The van der Waals surface area contributed by atoms with Gasteiger partial charge in [0.2, 0.25) is 0 Å². The molecule has 0 saturated heterocycles. The highest BCUT2D eigenvalue weighted by molar-refractivity contribution is 5.76. The van der Waals surface area contributed by atoms with Crippen LogP contribution >= 0.6 is 0 Å². The topological polar surface area (TPSA) is 55.1 Å². The summed E-state index contributed by atoms with van der Waals surface area (Å²) in [5.74, 6) is -1.13. The molecular formula is C13H11F3N2O2. The number of benzene rings is 1. The molecule has 0 unspecified atom stereocenters. The van der Waals surface area contributed by atoms with Gasteiger partial charge < -0.3 is 5.11 Å². The molecule has 2 rings (SSSR count). The molecule has 0 saturated carbocycles. The molecule has 0 spiro atoms. The van der Waals surface area contributed by atoms with Gasteiger partial charge in [-0.15, -0.1) is 0 Å². The summed E-state index contributed by atoms with van der Waals surface area (Å²) in [7, 11) is 1.50. The van der Waals surface area contributed by atoms with Crippen LogP contribution < -0.4 is 0 Å². The van der Waals surface area contributed by atoms with E-state index in [1.807, 2.05) is 0 Å². The molecule has 0 amide bonds. The van der Waals surface area contributed by atoms with Gasteiger partial charge in [-0.2, -0.15) is 18.3 Å². The minimum Gasteiger partial charge on any atom is -0.481 e. The van der Waals surface area contributed by atoms with Gasteiger partial charge in [-0.25, -0.2) is 0 Å². The van der Waals surface area contributed by atoms with Gasteiger partial charge >= 0.3 is 12.1 Å². The van der Waals surface area contributed by atoms with Crippen LogP contribution in [0.2, 0.25) is 0 Å². The van der Waals surface area contributed by atoms with E-state index < -0.39 is 24.1 Å². The second-order valence-corrected chi connectivity index (χ2v) is 4.24. The van der Waals surface area contributed by atoms with Crippen LogP contribution in [0.25, 0.3) is 11.1 Å². The average molecular weight is 284 g/mol. The van der Waals surface area contributed by atoms with Gasteiger partial charge in [0.05, 0.1) is 23.9 Å². The van der Waals surface area contributed by atoms with E-state index in [0.29, 0.717) is 0 Å². The Balaban J connectivity index is 2.61. The zero-order valence-electron chi connectivity index (χ0n) is 10.5. The minimum atomic E-state index is -4.51. The first kappa shape index (κ1) is 14.1. The summed E-state index contributed by atoms with van der Waals surface area (Å²) in [5.41, 5.74) is -0.457. The van der Waals surface area contributed by atoms with Crippen LogP contribution in [0.15, 0.2) is 30.5 Å². The Morgan fingerprint density at radius 2 is 1.95 bits per heavy atom. The summed E-state index contributed by atoms with van der Waals surface area (Å²) in [6.45, 7) is 0. The van der Waals surface area contributed by atoms with Crippen molar-refractivity contribution in [3.05, 3.63) is 41.7 Å². The minimum absolute atomic E-state index is 0.0654. The molecule has 1 aromatic carbocycles. The van der Waals surface area contributed by atoms with E-state index in [2.05, 4.69) is 5.10 Å². The normalized spacial score (nSPS) is 11.6. The lowest BCUT2D eigenvalue weighted by atomic mass is 9.99. The van der Waals surface area contributed by atoms with E-state index in [-0.39, 0.29) is 16.8 Å². The third-order valence-electron chi connectivity index (χ3n) is 2.90. The monoisotopic (exact) mass is 284 g/mol. The molecule has 7 heteroatoms. The van der Waals surface area contributed by atoms with Crippen LogP contribution in [0, 0.1) is 0 Å². The summed E-state index contributed by atoms with van der Waals surface area (Å²) in [4.78, 5) is 10.8. The van der Waals surface area contributed by atoms with Crippen molar-refractivity contribution in [3.8, 4) is 11.1 Å². The number of alkyl halides is 3. The highest BCUT2D eigenvalue weighted by atomic mass is 19.4. The van der Waals surface area contributed by atoms with Crippen LogP contribution in [-0.4, -0.2) is 20.9 Å². The second kappa shape index (κ2) is 4.99. The molecule has 1 heterocycles. The van der Waals surface area contributed by atoms with Gasteiger partial charge in [-0.05, 0) is 11.6 Å². The molecule has 0 radical (unpaired) electrons. The quantitative estimate of drug-likeness (QED) is 0.942. The maximum absolute atomic E-state index is 13.0. The van der Waals surface area contributed by atoms with E-state index in [1.165, 1.54) is 36.1 Å². The molecule has 1 aromatic heterocycles. The van der Waals surface area contributed by atoms with E-state index in [0.717, 1.165) is 6.07 Å². The maximum Gasteiger partial charge on any atom is 0.417 e. The van der Waals surface area contributed by atoms with Crippen molar-refractivity contribution in [1.82, 2.24) is 9.78 Å². The smallest absolute Gasteiger partial charge is 0.417 e. The number of halogens is 3. The van der Waals surface area contributed by atoms with Crippen molar-refractivity contribution in [1.29, 1.82) is 0 Å². The Morgan fingerprint density at radius 3 is 2.55 bits per heavy atom. The molecule has 0 atom stereocenters. The second-order valence-electron chi connectivity index (χ2n) is 4.24. The van der Waals surface area contributed by atoms with Crippen molar-refractivity contribution in [3.63, 3.8) is 0 Å². The Kier molecular flexibility index (Phi) is 3.52. The van der Waals surface area contributed by atoms with Crippen LogP contribution in [0.5, 0.6) is 0 Å². The summed E-state index contributed by atoms with van der Waals surface area (Å²) in [6, 6.07) is 5.04. The fourth-order valence-corrected chi connectivity index (χ4v) is 2.01. The number of hydrogen-bond acceptors (Lipinski definition) is 2. The Morgan fingerprint density at radius 1 is 1.30 bits per heavy atom. The number of nitrogens with zero attached hydrogens (tertiary/aromatic N) is 2. The first-order chi connectivity index (χ1) is 9.30. The van der Waals surface area contributed by atoms with Crippen molar-refractivity contribution >= 4 is 5.97 Å². The Hall–Kier alpha value is -2.31. The number of rotatable bonds is 3. The zero-order chi connectivity index (χ0) is 14.9. The first-order valence-corrected chi connectivity index (χ1v) is 5.70. The average Bonchev–Trinajstić information content (AvgIpc) is 2.69. The van der Waals surface area contributed by atoms with Gasteiger partial charge in [-0.1, -0.05) is 18.2 Å². The lowest BCUT2D eigenvalue weighted by molar-refractivity contribution is -0.137. The third-order valence-corrected chi connectivity index (χ3v) is 2.90. The highest BCUT2D eigenvalue weighted by Gasteiger charge is 2.34. The standard InChI is InChI=1S/C13H11F3N2O2/c1-18-11(6-12(19)20)9(7-17-18)8-4-2-3-5-10(8)13(14,15)16/h2-5,7H,6H2,1H3,(H,19,20). The lowest BCUT2D eigenvalue weighted by Gasteiger charge is -2.12. The lowest BCUT2D eigenvalue weighted by Crippen LogP contribution is -2.10. The fraction of sp³-hybridized carbons (Fsp3) is 0.231. The maximum atomic E-state index is 13.0. The fourth-order valence-electron chi connectivity index (χ4n) is 2.01. The van der Waals surface area contributed by atoms with Crippen molar-refractivity contribution in [2.45, 2.75) is 12.6 Å². The molecule has 0 bridgehead atoms. The number of aromatic nitrogens is 2. The van der Waals surface area contributed by atoms with Gasteiger partial charge in [0, 0.05) is 12.6 Å². The SMILES string of the molecule is Cn1ncc(-c2ccccc2C(F)(F)F)c1CC(=O)O. The summed E-state index contributed by atoms with van der Waals surface area (Å²) in [6.07, 6.45) is -3.65. The molecule has 2 aromatic rings. The number of carboxylic acids is 1. The first-order valence-electron chi connectivity index (χ1n) is 5.70. The van der Waals surface area contributed by atoms with Crippen molar-refractivity contribution < 1.29 is 23.1 Å². The molecule has 106 valence electrons. The van der Waals surface area contributed by atoms with Crippen LogP contribution in [0.1, 0.15) is 11.3 Å². The molecule has 0 fully saturated rings. The van der Waals surface area contributed by atoms with E-state index in [4.69, 9.17) is 5.11 Å². The summed E-state index contributed by atoms with van der Waals surface area (Å²) < 4.78 is 40.2. The molecule has 4 nitrogen and oxygen atoms in total. The van der Waals surface area contributed by atoms with E-state index in [9.17, 15) is 18.0 Å². The van der Waals surface area contributed by atoms with Gasteiger partial charge in [0.15, 0.2) is 0 Å². The van der Waals surface area contributed by atoms with Crippen molar-refractivity contribution in [2.75, 3.05) is 0 Å². The van der Waals surface area contributed by atoms with Crippen LogP contribution in [-0.2, 0) is 24.4 Å². The summed E-state index contributed by atoms with van der Waals surface area (Å²) >= 11 is 0. The molecular weight excluding hydrogens is 273 g/mol. The largest absolute Gasteiger partial charge is 0.481 e. The molecule has 0 aliphatic heterocycles. The molecule has 0 aliphatic rings. The summed E-state index contributed by atoms with van der Waals surface area (Å²) in [5, 5.41) is 12.7. The van der Waals surface area contributed by atoms with Gasteiger partial charge in [-0.3, -0.25) is 9.48 Å². The van der Waals surface area contributed by atoms with E-state index in [1.54, 1.807) is 0 Å². The number of aryl methyl sites for hydroxylation is 1. The Bertz CT molecular complexity index is 647. The number of hydrogen-bond donors (Lipinski definition) is 1. The number of aliphatic carboxylic acids is 1. The van der Waals surface area contributed by atoms with E-state index >= 15 is 0 Å². The van der Waals surface area contributed by atoms with Crippen LogP contribution in [0.4, 0.5) is 13.2 Å².